The van der Waals surface area contributed by atoms with E-state index in [1.165, 1.54) is 36.0 Å². The Bertz CT molecular complexity index is 568. The molecule has 0 unspecified atom stereocenters. The van der Waals surface area contributed by atoms with Crippen LogP contribution >= 0.6 is 11.8 Å². The van der Waals surface area contributed by atoms with E-state index < -0.39 is 0 Å². The number of nitrogens with one attached hydrogen (secondary N) is 1. The highest BCUT2D eigenvalue weighted by atomic mass is 32.2. The topological polar surface area (TPSA) is 46.9 Å². The minimum Gasteiger partial charge on any atom is -0.325 e. The number of benzene rings is 1. The Morgan fingerprint density at radius 3 is 2.68 bits per heavy atom. The Labute approximate surface area is 115 Å². The quantitative estimate of drug-likeness (QED) is 0.875. The normalized spacial score (nSPS) is 12.2. The summed E-state index contributed by atoms with van der Waals surface area (Å²) in [6.45, 7) is 1.82. The smallest absolute Gasteiger partial charge is 0.237 e. The van der Waals surface area contributed by atoms with E-state index in [-0.39, 0.29) is 17.0 Å². The molecule has 0 aliphatic rings. The van der Waals surface area contributed by atoms with Gasteiger partial charge in [0.05, 0.1) is 11.4 Å². The van der Waals surface area contributed by atoms with E-state index in [2.05, 4.69) is 10.4 Å². The number of aromatic nitrogens is 2. The van der Waals surface area contributed by atoms with Gasteiger partial charge in [0.15, 0.2) is 0 Å². The summed E-state index contributed by atoms with van der Waals surface area (Å²) in [6, 6.07) is 5.70. The molecule has 0 saturated heterocycles. The number of carbonyl (C=O) groups is 1. The van der Waals surface area contributed by atoms with E-state index in [4.69, 9.17) is 0 Å². The number of hydrogen-bond acceptors (Lipinski definition) is 3. The van der Waals surface area contributed by atoms with Crippen LogP contribution in [0.15, 0.2) is 41.6 Å². The van der Waals surface area contributed by atoms with Crippen molar-refractivity contribution in [3.63, 3.8) is 0 Å². The Balaban J connectivity index is 1.94. The van der Waals surface area contributed by atoms with Crippen LogP contribution in [0.4, 0.5) is 10.1 Å². The van der Waals surface area contributed by atoms with E-state index >= 15 is 0 Å². The standard InChI is InChI=1S/C13H14FN3OS/c1-9(19-12-7-15-17(2)8-12)13(18)16-11-5-3-10(14)4-6-11/h3-9H,1-2H3,(H,16,18)/t9-/m0/s1. The number of rotatable bonds is 4. The first-order chi connectivity index (χ1) is 9.04. The first-order valence-corrected chi connectivity index (χ1v) is 6.64. The number of halogens is 1. The van der Waals surface area contributed by atoms with Crippen LogP contribution in [0.5, 0.6) is 0 Å². The third kappa shape index (κ3) is 3.82. The molecule has 1 atom stereocenters. The Morgan fingerprint density at radius 2 is 2.11 bits per heavy atom. The Morgan fingerprint density at radius 1 is 1.42 bits per heavy atom. The van der Waals surface area contributed by atoms with Gasteiger partial charge < -0.3 is 5.32 Å². The summed E-state index contributed by atoms with van der Waals surface area (Å²) in [6.07, 6.45) is 3.57. The molecule has 0 fully saturated rings. The molecule has 100 valence electrons. The molecule has 0 radical (unpaired) electrons. The summed E-state index contributed by atoms with van der Waals surface area (Å²) < 4.78 is 14.4. The van der Waals surface area contributed by atoms with Crippen LogP contribution in [-0.4, -0.2) is 20.9 Å². The van der Waals surface area contributed by atoms with Crippen molar-refractivity contribution in [3.8, 4) is 0 Å². The van der Waals surface area contributed by atoms with Crippen molar-refractivity contribution in [1.82, 2.24) is 9.78 Å². The molecule has 1 N–H and O–H groups in total. The second-order valence-corrected chi connectivity index (χ2v) is 5.52. The van der Waals surface area contributed by atoms with Crippen LogP contribution in [0.1, 0.15) is 6.92 Å². The van der Waals surface area contributed by atoms with Gasteiger partial charge in [-0.15, -0.1) is 11.8 Å². The monoisotopic (exact) mass is 279 g/mol. The summed E-state index contributed by atoms with van der Waals surface area (Å²) in [5.74, 6) is -0.448. The van der Waals surface area contributed by atoms with E-state index in [9.17, 15) is 9.18 Å². The molecule has 4 nitrogen and oxygen atoms in total. The zero-order valence-corrected chi connectivity index (χ0v) is 11.4. The zero-order valence-electron chi connectivity index (χ0n) is 10.6. The lowest BCUT2D eigenvalue weighted by Crippen LogP contribution is -2.22. The third-order valence-electron chi connectivity index (χ3n) is 2.48. The van der Waals surface area contributed by atoms with E-state index in [0.29, 0.717) is 5.69 Å². The second-order valence-electron chi connectivity index (χ2n) is 4.11. The van der Waals surface area contributed by atoms with Crippen molar-refractivity contribution in [3.05, 3.63) is 42.5 Å². The fraction of sp³-hybridized carbons (Fsp3) is 0.231. The molecule has 6 heteroatoms. The lowest BCUT2D eigenvalue weighted by atomic mass is 10.3. The molecule has 0 saturated carbocycles. The molecule has 1 aromatic heterocycles. The van der Waals surface area contributed by atoms with E-state index in [1.54, 1.807) is 10.9 Å². The van der Waals surface area contributed by atoms with Gasteiger partial charge in [-0.3, -0.25) is 9.48 Å². The Hall–Kier alpha value is -1.82. The van der Waals surface area contributed by atoms with Crippen molar-refractivity contribution < 1.29 is 9.18 Å². The van der Waals surface area contributed by atoms with Crippen molar-refractivity contribution in [2.75, 3.05) is 5.32 Å². The molecule has 0 aliphatic heterocycles. The molecule has 1 aromatic carbocycles. The number of amides is 1. The van der Waals surface area contributed by atoms with Crippen molar-refractivity contribution in [2.45, 2.75) is 17.1 Å². The van der Waals surface area contributed by atoms with Crippen LogP contribution in [0, 0.1) is 5.82 Å². The maximum atomic E-state index is 12.7. The average molecular weight is 279 g/mol. The van der Waals surface area contributed by atoms with Gasteiger partial charge in [-0.1, -0.05) is 0 Å². The highest BCUT2D eigenvalue weighted by Crippen LogP contribution is 2.23. The van der Waals surface area contributed by atoms with Gasteiger partial charge in [-0.25, -0.2) is 4.39 Å². The van der Waals surface area contributed by atoms with Crippen molar-refractivity contribution in [1.29, 1.82) is 0 Å². The summed E-state index contributed by atoms with van der Waals surface area (Å²) in [5, 5.41) is 6.53. The zero-order chi connectivity index (χ0) is 13.8. The van der Waals surface area contributed by atoms with E-state index in [1.807, 2.05) is 20.2 Å². The SMILES string of the molecule is C[C@H](Sc1cnn(C)c1)C(=O)Nc1ccc(F)cc1. The molecule has 0 aliphatic carbocycles. The summed E-state index contributed by atoms with van der Waals surface area (Å²) >= 11 is 1.43. The van der Waals surface area contributed by atoms with Gasteiger partial charge in [0.25, 0.3) is 0 Å². The molecule has 1 heterocycles. The second kappa shape index (κ2) is 5.88. The number of thioether (sulfide) groups is 1. The number of aryl methyl sites for hydroxylation is 1. The highest BCUT2D eigenvalue weighted by Gasteiger charge is 2.15. The van der Waals surface area contributed by atoms with Gasteiger partial charge in [-0.05, 0) is 31.2 Å². The fourth-order valence-electron chi connectivity index (χ4n) is 1.49. The van der Waals surface area contributed by atoms with Crippen LogP contribution < -0.4 is 5.32 Å². The van der Waals surface area contributed by atoms with Gasteiger partial charge in [0.2, 0.25) is 5.91 Å². The predicted molar refractivity (Wildman–Crippen MR) is 73.6 cm³/mol. The predicted octanol–water partition coefficient (Wildman–Crippen LogP) is 2.68. The molecular weight excluding hydrogens is 265 g/mol. The third-order valence-corrected chi connectivity index (χ3v) is 3.53. The maximum Gasteiger partial charge on any atom is 0.237 e. The largest absolute Gasteiger partial charge is 0.325 e. The highest BCUT2D eigenvalue weighted by molar-refractivity contribution is 8.00. The number of nitrogens with zero attached hydrogens (tertiary/aromatic N) is 2. The number of anilines is 1. The first-order valence-electron chi connectivity index (χ1n) is 5.76. The summed E-state index contributed by atoms with van der Waals surface area (Å²) in [7, 11) is 1.83. The average Bonchev–Trinajstić information content (AvgIpc) is 2.77. The van der Waals surface area contributed by atoms with Crippen LogP contribution in [0.3, 0.4) is 0 Å². The number of carbonyl (C=O) groups excluding carboxylic acids is 1. The number of hydrogen-bond donors (Lipinski definition) is 1. The first kappa shape index (κ1) is 13.6. The minimum atomic E-state index is -0.323. The van der Waals surface area contributed by atoms with Crippen LogP contribution in [0.2, 0.25) is 0 Å². The Kier molecular flexibility index (Phi) is 4.21. The lowest BCUT2D eigenvalue weighted by molar-refractivity contribution is -0.115. The molecule has 1 amide bonds. The summed E-state index contributed by atoms with van der Waals surface area (Å²) in [5.41, 5.74) is 0.588. The van der Waals surface area contributed by atoms with Gasteiger partial charge in [-0.2, -0.15) is 5.10 Å². The van der Waals surface area contributed by atoms with Crippen LogP contribution in [0.25, 0.3) is 0 Å². The van der Waals surface area contributed by atoms with Crippen molar-refractivity contribution >= 4 is 23.4 Å². The lowest BCUT2D eigenvalue weighted by Gasteiger charge is -2.10. The van der Waals surface area contributed by atoms with Gasteiger partial charge in [0.1, 0.15) is 5.82 Å². The molecule has 0 spiro atoms. The maximum absolute atomic E-state index is 12.7. The van der Waals surface area contributed by atoms with Gasteiger partial charge in [0, 0.05) is 23.8 Å². The molecule has 2 aromatic rings. The molecule has 2 rings (SSSR count). The summed E-state index contributed by atoms with van der Waals surface area (Å²) in [4.78, 5) is 12.9. The fourth-order valence-corrected chi connectivity index (χ4v) is 2.39. The minimum absolute atomic E-state index is 0.125. The molecule has 19 heavy (non-hydrogen) atoms. The van der Waals surface area contributed by atoms with Gasteiger partial charge >= 0.3 is 0 Å². The van der Waals surface area contributed by atoms with E-state index in [0.717, 1.165) is 4.90 Å². The molecule has 0 bridgehead atoms. The van der Waals surface area contributed by atoms with Crippen LogP contribution in [-0.2, 0) is 11.8 Å². The molecular formula is C13H14FN3OS. The van der Waals surface area contributed by atoms with Crippen molar-refractivity contribution in [2.24, 2.45) is 7.05 Å².